The Hall–Kier alpha value is -1.39. The van der Waals surface area contributed by atoms with Gasteiger partial charge in [-0.2, -0.15) is 0 Å². The van der Waals surface area contributed by atoms with Crippen molar-refractivity contribution in [3.63, 3.8) is 0 Å². The molecule has 2 N–H and O–H groups in total. The average Bonchev–Trinajstić information content (AvgIpc) is 3.22. The zero-order chi connectivity index (χ0) is 22.3. The molecule has 0 aromatic rings. The number of hydrogen-bond acceptors (Lipinski definition) is 4. The van der Waals surface area contributed by atoms with Crippen molar-refractivity contribution in [2.75, 3.05) is 0 Å². The minimum Gasteiger partial charge on any atom is -0.462 e. The summed E-state index contributed by atoms with van der Waals surface area (Å²) in [6.07, 6.45) is 12.3. The largest absolute Gasteiger partial charge is 0.462 e. The van der Waals surface area contributed by atoms with E-state index >= 15 is 0 Å². The first-order chi connectivity index (χ1) is 14.7. The molecule has 0 radical (unpaired) electrons. The molecule has 8 atom stereocenters. The lowest BCUT2D eigenvalue weighted by Crippen LogP contribution is -2.36. The Labute approximate surface area is 187 Å². The van der Waals surface area contributed by atoms with E-state index < -0.39 is 12.2 Å². The lowest BCUT2D eigenvalue weighted by atomic mass is 9.60. The van der Waals surface area contributed by atoms with Crippen LogP contribution in [0.2, 0.25) is 0 Å². The molecule has 2 unspecified atom stereocenters. The van der Waals surface area contributed by atoms with Crippen molar-refractivity contribution < 1.29 is 19.7 Å². The third kappa shape index (κ3) is 4.43. The highest BCUT2D eigenvalue weighted by molar-refractivity contribution is 5.74. The summed E-state index contributed by atoms with van der Waals surface area (Å²) in [5.74, 6) is 1.84. The van der Waals surface area contributed by atoms with Crippen LogP contribution in [0.15, 0.2) is 35.5 Å². The fourth-order valence-corrected chi connectivity index (χ4v) is 7.22. The Balaban J connectivity index is 1.47. The highest BCUT2D eigenvalue weighted by Gasteiger charge is 2.51. The van der Waals surface area contributed by atoms with Crippen molar-refractivity contribution in [1.82, 2.24) is 0 Å². The summed E-state index contributed by atoms with van der Waals surface area (Å²) in [5.41, 5.74) is 3.59. The van der Waals surface area contributed by atoms with Crippen LogP contribution in [0.4, 0.5) is 0 Å². The van der Waals surface area contributed by atoms with Crippen LogP contribution >= 0.6 is 0 Å². The number of hydrogen-bond donors (Lipinski definition) is 2. The molecule has 0 aromatic heterocycles. The molecule has 0 bridgehead atoms. The third-order valence-corrected chi connectivity index (χ3v) is 8.93. The number of aliphatic hydroxyl groups excluding tert-OH is 2. The number of fused-ring (bicyclic) bond motifs is 1. The number of carbonyl (C=O) groups is 1. The molecule has 1 heterocycles. The van der Waals surface area contributed by atoms with E-state index in [1.54, 1.807) is 0 Å². The molecule has 0 aromatic carbocycles. The highest BCUT2D eigenvalue weighted by Crippen LogP contribution is 2.60. The number of esters is 1. The monoisotopic (exact) mass is 428 g/mol. The quantitative estimate of drug-likeness (QED) is 0.611. The van der Waals surface area contributed by atoms with Crippen LogP contribution in [-0.2, 0) is 9.53 Å². The van der Waals surface area contributed by atoms with E-state index in [2.05, 4.69) is 32.6 Å². The van der Waals surface area contributed by atoms with Crippen LogP contribution in [-0.4, -0.2) is 34.5 Å². The molecule has 1 saturated heterocycles. The van der Waals surface area contributed by atoms with Crippen molar-refractivity contribution in [2.45, 2.75) is 96.9 Å². The van der Waals surface area contributed by atoms with Gasteiger partial charge in [0.05, 0.1) is 18.1 Å². The summed E-state index contributed by atoms with van der Waals surface area (Å²) in [6, 6.07) is 0. The van der Waals surface area contributed by atoms with Crippen molar-refractivity contribution in [3.05, 3.63) is 35.5 Å². The van der Waals surface area contributed by atoms with Crippen LogP contribution in [0.1, 0.15) is 78.6 Å². The maximum atomic E-state index is 11.8. The van der Waals surface area contributed by atoms with E-state index in [1.165, 1.54) is 31.3 Å². The van der Waals surface area contributed by atoms with Crippen molar-refractivity contribution in [1.29, 1.82) is 0 Å². The summed E-state index contributed by atoms with van der Waals surface area (Å²) in [4.78, 5) is 11.8. The van der Waals surface area contributed by atoms with Crippen LogP contribution in [0, 0.1) is 29.1 Å². The fourth-order valence-electron chi connectivity index (χ4n) is 7.22. The number of ether oxygens (including phenoxy) is 1. The second kappa shape index (κ2) is 8.86. The van der Waals surface area contributed by atoms with Crippen LogP contribution in [0.25, 0.3) is 0 Å². The van der Waals surface area contributed by atoms with E-state index in [9.17, 15) is 15.0 Å². The molecule has 4 rings (SSSR count). The Morgan fingerprint density at radius 3 is 2.74 bits per heavy atom. The van der Waals surface area contributed by atoms with Gasteiger partial charge in [-0.3, -0.25) is 4.79 Å². The predicted octanol–water partition coefficient (Wildman–Crippen LogP) is 5.11. The Kier molecular flexibility index (Phi) is 6.52. The topological polar surface area (TPSA) is 66.8 Å². The maximum Gasteiger partial charge on any atom is 0.309 e. The number of rotatable bonds is 4. The van der Waals surface area contributed by atoms with Crippen LogP contribution in [0.3, 0.4) is 0 Å². The highest BCUT2D eigenvalue weighted by atomic mass is 16.5. The lowest BCUT2D eigenvalue weighted by molar-refractivity contribution is -0.144. The Bertz CT molecular complexity index is 780. The Morgan fingerprint density at radius 1 is 1.26 bits per heavy atom. The zero-order valence-electron chi connectivity index (χ0n) is 19.5. The molecule has 4 fully saturated rings. The van der Waals surface area contributed by atoms with Gasteiger partial charge in [-0.15, -0.1) is 0 Å². The van der Waals surface area contributed by atoms with Gasteiger partial charge in [-0.1, -0.05) is 45.1 Å². The molecule has 1 aliphatic heterocycles. The summed E-state index contributed by atoms with van der Waals surface area (Å²) in [5, 5.41) is 20.2. The summed E-state index contributed by atoms with van der Waals surface area (Å²) >= 11 is 0. The normalized spacial score (nSPS) is 44.5. The Morgan fingerprint density at radius 2 is 2.03 bits per heavy atom. The minimum absolute atomic E-state index is 0.0248. The number of cyclic esters (lactones) is 1. The molecule has 0 amide bonds. The smallest absolute Gasteiger partial charge is 0.309 e. The van der Waals surface area contributed by atoms with Crippen molar-refractivity contribution >= 4 is 5.97 Å². The van der Waals surface area contributed by atoms with Gasteiger partial charge in [-0.25, -0.2) is 0 Å². The SMILES string of the molecule is C=C1/C(=C\C=C2/CCC[C@]3(C)[C@@H]([C@H](C)CC4CC(C)C(=O)O4)CC[C@@H]23)C[C@@H](O)C[C@@H]1O. The second-order valence-electron chi connectivity index (χ2n) is 11.1. The molecule has 4 aliphatic rings. The first-order valence-electron chi connectivity index (χ1n) is 12.3. The summed E-state index contributed by atoms with van der Waals surface area (Å²) < 4.78 is 5.62. The standard InChI is InChI=1S/C27H40O4/c1-16(12-22-13-17(2)26(30)31-22)23-9-10-24-19(6-5-11-27(23,24)4)7-8-20-14-21(28)15-25(29)18(20)3/h7-8,16-17,21-25,28-29H,3,5-6,9-15H2,1-2,4H3/b19-7+,20-8-/t16-,17?,21-,22?,23-,24+,25+,27-/m1/s1. The number of aliphatic hydroxyl groups is 2. The first kappa shape index (κ1) is 22.8. The summed E-state index contributed by atoms with van der Waals surface area (Å²) in [7, 11) is 0. The van der Waals surface area contributed by atoms with E-state index in [1.807, 2.05) is 6.92 Å². The molecule has 172 valence electrons. The second-order valence-corrected chi connectivity index (χ2v) is 11.1. The zero-order valence-corrected chi connectivity index (χ0v) is 19.5. The van der Waals surface area contributed by atoms with Gasteiger partial charge < -0.3 is 14.9 Å². The van der Waals surface area contributed by atoms with Gasteiger partial charge in [-0.05, 0) is 85.7 Å². The van der Waals surface area contributed by atoms with Gasteiger partial charge in [0.2, 0.25) is 0 Å². The van der Waals surface area contributed by atoms with Gasteiger partial charge in [0.25, 0.3) is 0 Å². The predicted molar refractivity (Wildman–Crippen MR) is 122 cm³/mol. The third-order valence-electron chi connectivity index (χ3n) is 8.93. The van der Waals surface area contributed by atoms with Crippen molar-refractivity contribution in [3.8, 4) is 0 Å². The molecule has 4 heteroatoms. The molecule has 3 aliphatic carbocycles. The number of allylic oxidation sites excluding steroid dienone is 3. The summed E-state index contributed by atoms with van der Waals surface area (Å²) in [6.45, 7) is 10.9. The van der Waals surface area contributed by atoms with Crippen LogP contribution < -0.4 is 0 Å². The molecule has 0 spiro atoms. The van der Waals surface area contributed by atoms with Gasteiger partial charge in [0.15, 0.2) is 0 Å². The molecular weight excluding hydrogens is 388 g/mol. The van der Waals surface area contributed by atoms with Gasteiger partial charge >= 0.3 is 5.97 Å². The maximum absolute atomic E-state index is 11.8. The molecule has 3 saturated carbocycles. The fraction of sp³-hybridized carbons (Fsp3) is 0.741. The molecule has 31 heavy (non-hydrogen) atoms. The average molecular weight is 429 g/mol. The van der Waals surface area contributed by atoms with Crippen LogP contribution in [0.5, 0.6) is 0 Å². The van der Waals surface area contributed by atoms with E-state index in [-0.39, 0.29) is 18.0 Å². The van der Waals surface area contributed by atoms with E-state index in [4.69, 9.17) is 4.74 Å². The van der Waals surface area contributed by atoms with Crippen molar-refractivity contribution in [2.24, 2.45) is 29.1 Å². The first-order valence-corrected chi connectivity index (χ1v) is 12.3. The van der Waals surface area contributed by atoms with Gasteiger partial charge in [0.1, 0.15) is 6.10 Å². The van der Waals surface area contributed by atoms with E-state index in [0.29, 0.717) is 36.0 Å². The molecule has 4 nitrogen and oxygen atoms in total. The number of carbonyl (C=O) groups excluding carboxylic acids is 1. The lowest BCUT2D eigenvalue weighted by Gasteiger charge is -2.44. The van der Waals surface area contributed by atoms with E-state index in [0.717, 1.165) is 30.4 Å². The van der Waals surface area contributed by atoms with Gasteiger partial charge in [0, 0.05) is 6.42 Å². The molecular formula is C27H40O4. The minimum atomic E-state index is -0.630.